The zero-order valence-corrected chi connectivity index (χ0v) is 13.3. The van der Waals surface area contributed by atoms with Crippen LogP contribution < -0.4 is 15.2 Å². The van der Waals surface area contributed by atoms with Crippen molar-refractivity contribution in [2.45, 2.75) is 44.4 Å². The monoisotopic (exact) mass is 297 g/mol. The highest BCUT2D eigenvalue weighted by atomic mass is 35.5. The lowest BCUT2D eigenvalue weighted by Crippen LogP contribution is -2.33. The molecule has 1 aliphatic rings. The van der Waals surface area contributed by atoms with E-state index in [-0.39, 0.29) is 5.41 Å². The minimum absolute atomic E-state index is 0.00196. The van der Waals surface area contributed by atoms with Crippen LogP contribution in [-0.2, 0) is 11.8 Å². The molecule has 1 aliphatic carbocycles. The van der Waals surface area contributed by atoms with E-state index in [4.69, 9.17) is 26.8 Å². The number of rotatable bonds is 5. The van der Waals surface area contributed by atoms with Crippen molar-refractivity contribution in [2.24, 2.45) is 5.73 Å². The summed E-state index contributed by atoms with van der Waals surface area (Å²) in [5.41, 5.74) is 8.45. The van der Waals surface area contributed by atoms with E-state index in [2.05, 4.69) is 6.92 Å². The van der Waals surface area contributed by atoms with Crippen LogP contribution in [0.2, 0.25) is 5.02 Å². The van der Waals surface area contributed by atoms with E-state index >= 15 is 0 Å². The number of hydrogen-bond donors (Lipinski definition) is 1. The summed E-state index contributed by atoms with van der Waals surface area (Å²) in [7, 11) is 3.32. The summed E-state index contributed by atoms with van der Waals surface area (Å²) < 4.78 is 11.0. The molecule has 2 N–H and O–H groups in total. The van der Waals surface area contributed by atoms with Crippen LogP contribution in [0.1, 0.15) is 43.7 Å². The first kappa shape index (κ1) is 15.5. The summed E-state index contributed by atoms with van der Waals surface area (Å²) in [5, 5.41) is 0.756. The Labute approximate surface area is 126 Å². The second-order valence-electron chi connectivity index (χ2n) is 5.49. The summed E-state index contributed by atoms with van der Waals surface area (Å²) in [6.45, 7) is 2.76. The molecule has 0 amide bonds. The summed E-state index contributed by atoms with van der Waals surface area (Å²) >= 11 is 6.58. The van der Waals surface area contributed by atoms with Crippen LogP contribution >= 0.6 is 11.6 Å². The molecule has 0 atom stereocenters. The van der Waals surface area contributed by atoms with E-state index in [1.165, 1.54) is 18.4 Å². The second kappa shape index (κ2) is 6.23. The van der Waals surface area contributed by atoms with Gasteiger partial charge in [0.1, 0.15) is 0 Å². The lowest BCUT2D eigenvalue weighted by atomic mass is 9.76. The maximum absolute atomic E-state index is 6.58. The van der Waals surface area contributed by atoms with Gasteiger partial charge in [0, 0.05) is 28.6 Å². The van der Waals surface area contributed by atoms with Crippen molar-refractivity contribution in [1.29, 1.82) is 0 Å². The lowest BCUT2D eigenvalue weighted by Gasteiger charge is -2.32. The van der Waals surface area contributed by atoms with E-state index in [1.54, 1.807) is 14.2 Å². The van der Waals surface area contributed by atoms with Crippen molar-refractivity contribution in [3.63, 3.8) is 0 Å². The Kier molecular flexibility index (Phi) is 4.82. The van der Waals surface area contributed by atoms with Gasteiger partial charge in [-0.1, -0.05) is 31.4 Å². The molecule has 1 saturated carbocycles. The Balaban J connectivity index is 2.68. The third kappa shape index (κ3) is 2.38. The van der Waals surface area contributed by atoms with Crippen molar-refractivity contribution in [2.75, 3.05) is 20.8 Å². The molecule has 0 saturated heterocycles. The number of ether oxygens (including phenoxy) is 2. The zero-order valence-electron chi connectivity index (χ0n) is 12.6. The molecule has 4 heteroatoms. The number of benzene rings is 1. The third-order valence-corrected chi connectivity index (χ3v) is 4.85. The third-order valence-electron chi connectivity index (χ3n) is 4.56. The minimum Gasteiger partial charge on any atom is -0.493 e. The highest BCUT2D eigenvalue weighted by molar-refractivity contribution is 6.31. The highest BCUT2D eigenvalue weighted by Crippen LogP contribution is 2.49. The van der Waals surface area contributed by atoms with Gasteiger partial charge in [-0.15, -0.1) is 0 Å². The van der Waals surface area contributed by atoms with Gasteiger partial charge in [-0.2, -0.15) is 0 Å². The Morgan fingerprint density at radius 3 is 2.35 bits per heavy atom. The van der Waals surface area contributed by atoms with Crippen molar-refractivity contribution in [3.05, 3.63) is 22.2 Å². The molecule has 2 rings (SSSR count). The normalized spacial score (nSPS) is 17.2. The van der Waals surface area contributed by atoms with Crippen LogP contribution in [-0.4, -0.2) is 20.8 Å². The molecule has 0 aliphatic heterocycles. The van der Waals surface area contributed by atoms with E-state index in [9.17, 15) is 0 Å². The standard InChI is InChI=1S/C16H24ClNO2/c1-4-11-14(16(10-18)7-5-6-8-16)12(17)9-13(19-2)15(11)20-3/h9H,4-8,10,18H2,1-3H3. The van der Waals surface area contributed by atoms with E-state index in [0.717, 1.165) is 35.6 Å². The van der Waals surface area contributed by atoms with Gasteiger partial charge in [-0.3, -0.25) is 0 Å². The molecule has 20 heavy (non-hydrogen) atoms. The van der Waals surface area contributed by atoms with Gasteiger partial charge in [-0.25, -0.2) is 0 Å². The summed E-state index contributed by atoms with van der Waals surface area (Å²) in [4.78, 5) is 0. The molecule has 0 heterocycles. The van der Waals surface area contributed by atoms with Gasteiger partial charge in [0.05, 0.1) is 14.2 Å². The Morgan fingerprint density at radius 2 is 1.90 bits per heavy atom. The van der Waals surface area contributed by atoms with Gasteiger partial charge in [-0.05, 0) is 24.8 Å². The molecular weight excluding hydrogens is 274 g/mol. The first-order chi connectivity index (χ1) is 9.63. The maximum Gasteiger partial charge on any atom is 0.164 e. The topological polar surface area (TPSA) is 44.5 Å². The van der Waals surface area contributed by atoms with E-state index < -0.39 is 0 Å². The Bertz CT molecular complexity index is 482. The molecule has 0 radical (unpaired) electrons. The minimum atomic E-state index is 0.00196. The van der Waals surface area contributed by atoms with Crippen LogP contribution in [0, 0.1) is 0 Å². The van der Waals surface area contributed by atoms with Gasteiger partial charge < -0.3 is 15.2 Å². The molecule has 3 nitrogen and oxygen atoms in total. The summed E-state index contributed by atoms with van der Waals surface area (Å²) in [5.74, 6) is 1.50. The average molecular weight is 298 g/mol. The molecule has 1 aromatic rings. The SMILES string of the molecule is CCc1c(OC)c(OC)cc(Cl)c1C1(CN)CCCC1. The Morgan fingerprint density at radius 1 is 1.25 bits per heavy atom. The highest BCUT2D eigenvalue weighted by Gasteiger charge is 2.39. The number of hydrogen-bond acceptors (Lipinski definition) is 3. The van der Waals surface area contributed by atoms with Gasteiger partial charge in [0.15, 0.2) is 11.5 Å². The summed E-state index contributed by atoms with van der Waals surface area (Å²) in [6, 6.07) is 1.87. The maximum atomic E-state index is 6.58. The van der Waals surface area contributed by atoms with Gasteiger partial charge in [0.2, 0.25) is 0 Å². The van der Waals surface area contributed by atoms with Crippen LogP contribution in [0.15, 0.2) is 6.07 Å². The van der Waals surface area contributed by atoms with Crippen molar-refractivity contribution < 1.29 is 9.47 Å². The Hall–Kier alpha value is -0.930. The van der Waals surface area contributed by atoms with Crippen molar-refractivity contribution in [3.8, 4) is 11.5 Å². The van der Waals surface area contributed by atoms with E-state index in [1.807, 2.05) is 6.07 Å². The fraction of sp³-hybridized carbons (Fsp3) is 0.625. The second-order valence-corrected chi connectivity index (χ2v) is 5.90. The van der Waals surface area contributed by atoms with Crippen LogP contribution in [0.4, 0.5) is 0 Å². The fourth-order valence-electron chi connectivity index (χ4n) is 3.55. The van der Waals surface area contributed by atoms with Crippen molar-refractivity contribution in [1.82, 2.24) is 0 Å². The van der Waals surface area contributed by atoms with Crippen LogP contribution in [0.3, 0.4) is 0 Å². The summed E-state index contributed by atoms with van der Waals surface area (Å²) in [6.07, 6.45) is 5.49. The van der Waals surface area contributed by atoms with Crippen LogP contribution in [0.5, 0.6) is 11.5 Å². The van der Waals surface area contributed by atoms with Gasteiger partial charge >= 0.3 is 0 Å². The molecule has 0 spiro atoms. The molecule has 112 valence electrons. The fourth-order valence-corrected chi connectivity index (χ4v) is 3.97. The van der Waals surface area contributed by atoms with Crippen LogP contribution in [0.25, 0.3) is 0 Å². The lowest BCUT2D eigenvalue weighted by molar-refractivity contribution is 0.348. The average Bonchev–Trinajstić information content (AvgIpc) is 2.95. The quantitative estimate of drug-likeness (QED) is 0.901. The molecule has 1 fully saturated rings. The van der Waals surface area contributed by atoms with E-state index in [0.29, 0.717) is 12.3 Å². The zero-order chi connectivity index (χ0) is 14.8. The molecule has 0 aromatic heterocycles. The first-order valence-corrected chi connectivity index (χ1v) is 7.65. The number of halogens is 1. The number of methoxy groups -OCH3 is 2. The molecular formula is C16H24ClNO2. The smallest absolute Gasteiger partial charge is 0.164 e. The molecule has 0 bridgehead atoms. The number of nitrogens with two attached hydrogens (primary N) is 1. The largest absolute Gasteiger partial charge is 0.493 e. The molecule has 0 unspecified atom stereocenters. The van der Waals surface area contributed by atoms with Gasteiger partial charge in [0.25, 0.3) is 0 Å². The molecule has 1 aromatic carbocycles. The predicted molar refractivity (Wildman–Crippen MR) is 83.1 cm³/mol. The predicted octanol–water partition coefficient (Wildman–Crippen LogP) is 3.69. The van der Waals surface area contributed by atoms with Crippen molar-refractivity contribution >= 4 is 11.6 Å². The first-order valence-electron chi connectivity index (χ1n) is 7.27.